The largest absolute Gasteiger partial charge is 0.700 e. The van der Waals surface area contributed by atoms with E-state index in [1.54, 1.807) is 19.9 Å². The summed E-state index contributed by atoms with van der Waals surface area (Å²) in [5.74, 6) is 0. The summed E-state index contributed by atoms with van der Waals surface area (Å²) in [6, 6.07) is 0. The first-order chi connectivity index (χ1) is 4.99. The Morgan fingerprint density at radius 2 is 2.36 bits per heavy atom. The fraction of sp³-hybridized carbons (Fsp3) is 0.667. The number of nitrogens with zero attached hydrogens (tertiary/aromatic N) is 2. The van der Waals surface area contributed by atoms with Crippen molar-refractivity contribution >= 4 is 15.9 Å². The Balaban J connectivity index is 2.95. The highest BCUT2D eigenvalue weighted by Crippen LogP contribution is 2.26. The maximum atomic E-state index is 11.1. The first-order valence-corrected chi connectivity index (χ1v) is 4.33. The number of hydrazine groups is 1. The third-order valence-electron chi connectivity index (χ3n) is 1.56. The third kappa shape index (κ3) is 1.30. The minimum Gasteiger partial charge on any atom is -0.700 e. The monoisotopic (exact) mass is 220 g/mol. The summed E-state index contributed by atoms with van der Waals surface area (Å²) in [6.07, 6.45) is 1.65. The number of hydrogen-bond donors (Lipinski definition) is 0. The number of hydroxylamine groups is 1. The molecule has 0 atom stereocenters. The van der Waals surface area contributed by atoms with Crippen molar-refractivity contribution in [3.63, 3.8) is 0 Å². The first-order valence-electron chi connectivity index (χ1n) is 3.21. The van der Waals surface area contributed by atoms with Crippen LogP contribution in [-0.4, -0.2) is 20.9 Å². The fourth-order valence-electron chi connectivity index (χ4n) is 0.959. The van der Waals surface area contributed by atoms with Gasteiger partial charge in [0.15, 0.2) is 0 Å². The first kappa shape index (κ1) is 8.67. The number of rotatable bonds is 1. The normalized spacial score (nSPS) is 22.4. The molecule has 5 heteroatoms. The van der Waals surface area contributed by atoms with Crippen LogP contribution in [0.2, 0.25) is 0 Å². The highest BCUT2D eigenvalue weighted by Gasteiger charge is 2.42. The van der Waals surface area contributed by atoms with Crippen LogP contribution in [0.1, 0.15) is 13.8 Å². The van der Waals surface area contributed by atoms with Crippen LogP contribution >= 0.6 is 15.9 Å². The molecule has 0 unspecified atom stereocenters. The molecule has 62 valence electrons. The average Bonchev–Trinajstić information content (AvgIpc) is 2.13. The van der Waals surface area contributed by atoms with Crippen molar-refractivity contribution in [2.75, 3.05) is 5.33 Å². The summed E-state index contributed by atoms with van der Waals surface area (Å²) < 4.78 is 0. The van der Waals surface area contributed by atoms with E-state index in [0.29, 0.717) is 21.1 Å². The molecule has 4 nitrogen and oxygen atoms in total. The zero-order valence-corrected chi connectivity index (χ0v) is 7.96. The number of nitroso groups, excluding NO2 is 1. The second-order valence-corrected chi connectivity index (χ2v) is 3.53. The van der Waals surface area contributed by atoms with E-state index in [2.05, 4.69) is 15.9 Å². The van der Waals surface area contributed by atoms with E-state index in [1.165, 1.54) is 0 Å². The van der Waals surface area contributed by atoms with Crippen molar-refractivity contribution in [1.82, 2.24) is 5.17 Å². The average molecular weight is 221 g/mol. The molecule has 0 aromatic carbocycles. The number of allylic oxidation sites excluding steroid dienone is 1. The van der Waals surface area contributed by atoms with Crippen LogP contribution < -0.4 is 0 Å². The molecule has 0 saturated carbocycles. The molecule has 1 heterocycles. The highest BCUT2D eigenvalue weighted by molar-refractivity contribution is 9.09. The fourth-order valence-corrected chi connectivity index (χ4v) is 1.34. The lowest BCUT2D eigenvalue weighted by atomic mass is 10.1. The van der Waals surface area contributed by atoms with E-state index in [-0.39, 0.29) is 0 Å². The van der Waals surface area contributed by atoms with E-state index in [9.17, 15) is 10.1 Å². The van der Waals surface area contributed by atoms with Gasteiger partial charge in [-0.3, -0.25) is 0 Å². The maximum Gasteiger partial charge on any atom is 0.257 e. The smallest absolute Gasteiger partial charge is 0.257 e. The lowest BCUT2D eigenvalue weighted by Gasteiger charge is -2.16. The summed E-state index contributed by atoms with van der Waals surface area (Å²) in [4.78, 5) is 11.5. The molecule has 0 amide bonds. The summed E-state index contributed by atoms with van der Waals surface area (Å²) in [5, 5.41) is 11.8. The van der Waals surface area contributed by atoms with Crippen molar-refractivity contribution in [2.24, 2.45) is 0 Å². The van der Waals surface area contributed by atoms with Crippen LogP contribution in [0.25, 0.3) is 0 Å². The van der Waals surface area contributed by atoms with Crippen molar-refractivity contribution in [3.05, 3.63) is 21.9 Å². The van der Waals surface area contributed by atoms with Gasteiger partial charge in [-0.2, -0.15) is 5.17 Å². The Morgan fingerprint density at radius 1 is 1.82 bits per heavy atom. The predicted molar refractivity (Wildman–Crippen MR) is 44.8 cm³/mol. The molecule has 0 bridgehead atoms. The SMILES string of the molecule is CC1(C)C=C(CBr)N([O-])[N+]1=O. The molecule has 1 aliphatic rings. The summed E-state index contributed by atoms with van der Waals surface area (Å²) >= 11 is 3.12. The van der Waals surface area contributed by atoms with Crippen molar-refractivity contribution in [2.45, 2.75) is 19.4 Å². The van der Waals surface area contributed by atoms with Crippen molar-refractivity contribution in [3.8, 4) is 0 Å². The highest BCUT2D eigenvalue weighted by atomic mass is 79.9. The van der Waals surface area contributed by atoms with Crippen LogP contribution in [0.15, 0.2) is 11.8 Å². The standard InChI is InChI=1S/C6H9BrN2O2/c1-6(2)3-5(4-7)8(10)9(6)11/h3H,4H2,1-2H3. The molecule has 0 saturated heterocycles. The Labute approximate surface area is 73.1 Å². The van der Waals surface area contributed by atoms with Gasteiger partial charge in [-0.05, 0) is 0 Å². The molecule has 0 radical (unpaired) electrons. The minimum absolute atomic E-state index is 0.370. The van der Waals surface area contributed by atoms with E-state index >= 15 is 0 Å². The molecular weight excluding hydrogens is 212 g/mol. The molecule has 1 rings (SSSR count). The topological polar surface area (TPSA) is 46.4 Å². The van der Waals surface area contributed by atoms with Gasteiger partial charge < -0.3 is 5.21 Å². The molecule has 0 aliphatic carbocycles. The van der Waals surface area contributed by atoms with Gasteiger partial charge in [0.1, 0.15) is 4.87 Å². The number of hydrogen-bond acceptors (Lipinski definition) is 2. The summed E-state index contributed by atoms with van der Waals surface area (Å²) in [6.45, 7) is 3.39. The van der Waals surface area contributed by atoms with Crippen molar-refractivity contribution < 1.29 is 4.87 Å². The molecule has 1 aliphatic heterocycles. The summed E-state index contributed by atoms with van der Waals surface area (Å²) in [7, 11) is 0. The molecule has 0 N–H and O–H groups in total. The van der Waals surface area contributed by atoms with Crippen LogP contribution in [-0.2, 0) is 0 Å². The zero-order chi connectivity index (χ0) is 8.65. The lowest BCUT2D eigenvalue weighted by Crippen LogP contribution is -2.34. The van der Waals surface area contributed by atoms with E-state index < -0.39 is 5.54 Å². The van der Waals surface area contributed by atoms with Gasteiger partial charge in [-0.15, -0.1) is 0 Å². The Bertz CT molecular complexity index is 225. The zero-order valence-electron chi connectivity index (χ0n) is 6.37. The van der Waals surface area contributed by atoms with Crippen LogP contribution in [0.5, 0.6) is 0 Å². The Hall–Kier alpha value is -0.420. The van der Waals surface area contributed by atoms with Crippen molar-refractivity contribution in [1.29, 1.82) is 0 Å². The van der Waals surface area contributed by atoms with E-state index in [4.69, 9.17) is 0 Å². The quantitative estimate of drug-likeness (QED) is 0.498. The van der Waals surface area contributed by atoms with Crippen LogP contribution in [0.3, 0.4) is 0 Å². The van der Waals surface area contributed by atoms with Gasteiger partial charge in [-0.25, -0.2) is 0 Å². The van der Waals surface area contributed by atoms with Gasteiger partial charge in [0, 0.05) is 25.3 Å². The predicted octanol–water partition coefficient (Wildman–Crippen LogP) is 1.55. The van der Waals surface area contributed by atoms with Gasteiger partial charge in [0.05, 0.1) is 10.6 Å². The second kappa shape index (κ2) is 2.57. The molecule has 0 spiro atoms. The van der Waals surface area contributed by atoms with Crippen LogP contribution in [0.4, 0.5) is 0 Å². The minimum atomic E-state index is -0.704. The van der Waals surface area contributed by atoms with E-state index in [1.807, 2.05) is 0 Å². The van der Waals surface area contributed by atoms with Gasteiger partial charge in [0.25, 0.3) is 5.54 Å². The lowest BCUT2D eigenvalue weighted by molar-refractivity contribution is -0.719. The molecule has 0 aromatic heterocycles. The molecular formula is C6H9BrN2O2. The summed E-state index contributed by atoms with van der Waals surface area (Å²) in [5.41, 5.74) is -0.241. The number of halogens is 1. The second-order valence-electron chi connectivity index (χ2n) is 2.97. The van der Waals surface area contributed by atoms with Crippen LogP contribution in [0, 0.1) is 10.1 Å². The number of alkyl halides is 1. The van der Waals surface area contributed by atoms with Gasteiger partial charge in [0.2, 0.25) is 0 Å². The van der Waals surface area contributed by atoms with Gasteiger partial charge in [-0.1, -0.05) is 15.9 Å². The Morgan fingerprint density at radius 3 is 2.55 bits per heavy atom. The molecule has 11 heavy (non-hydrogen) atoms. The maximum absolute atomic E-state index is 11.1. The molecule has 0 fully saturated rings. The third-order valence-corrected chi connectivity index (χ3v) is 2.13. The Kier molecular flexibility index (Phi) is 2.02. The molecule has 0 aromatic rings. The van der Waals surface area contributed by atoms with Gasteiger partial charge >= 0.3 is 0 Å². The van der Waals surface area contributed by atoms with E-state index in [0.717, 1.165) is 0 Å².